The van der Waals surface area contributed by atoms with Gasteiger partial charge in [0, 0.05) is 17.2 Å². The molecule has 2 atom stereocenters. The number of nitrogens with two attached hydrogens (primary N) is 1. The first-order valence-electron chi connectivity index (χ1n) is 9.37. The van der Waals surface area contributed by atoms with Gasteiger partial charge in [0.25, 0.3) is 0 Å². The molecule has 3 rings (SSSR count). The minimum Gasteiger partial charge on any atom is -0.495 e. The fourth-order valence-electron chi connectivity index (χ4n) is 3.44. The van der Waals surface area contributed by atoms with E-state index in [2.05, 4.69) is 37.8 Å². The summed E-state index contributed by atoms with van der Waals surface area (Å²) in [6.07, 6.45) is 5.96. The third-order valence-electron chi connectivity index (χ3n) is 4.81. The molecule has 156 valence electrons. The first-order chi connectivity index (χ1) is 14.0. The van der Waals surface area contributed by atoms with Crippen LogP contribution in [0.2, 0.25) is 5.02 Å². The summed E-state index contributed by atoms with van der Waals surface area (Å²) in [5, 5.41) is 3.98. The Morgan fingerprint density at radius 1 is 1.55 bits per heavy atom. The van der Waals surface area contributed by atoms with E-state index < -0.39 is 0 Å². The van der Waals surface area contributed by atoms with Gasteiger partial charge in [0.1, 0.15) is 17.7 Å². The highest BCUT2D eigenvalue weighted by atomic mass is 79.9. The number of benzene rings is 1. The Morgan fingerprint density at radius 2 is 2.34 bits per heavy atom. The molecule has 29 heavy (non-hydrogen) atoms. The Kier molecular flexibility index (Phi) is 7.21. The van der Waals surface area contributed by atoms with Crippen molar-refractivity contribution in [2.24, 2.45) is 10.7 Å². The second kappa shape index (κ2) is 9.65. The molecule has 2 aromatic rings. The lowest BCUT2D eigenvalue weighted by atomic mass is 10.1. The Bertz CT molecular complexity index is 909. The van der Waals surface area contributed by atoms with Crippen LogP contribution < -0.4 is 15.8 Å². The standard InChI is InChI=1S/C20H25BrClN5O2/c1-12(15-8-14(22)9-16(21)19(15)28-3)26-13(2)18-20(24-10-23)27(11-25-18)17-6-4-5-7-29-17/h8-12,17,26H,2,4-7H2,1,3H3,(H2,23,24). The van der Waals surface area contributed by atoms with Crippen molar-refractivity contribution >= 4 is 45.4 Å². The smallest absolute Gasteiger partial charge is 0.165 e. The topological polar surface area (TPSA) is 86.7 Å². The highest BCUT2D eigenvalue weighted by Crippen LogP contribution is 2.37. The predicted molar refractivity (Wildman–Crippen MR) is 120 cm³/mol. The quantitative estimate of drug-likeness (QED) is 0.431. The number of methoxy groups -OCH3 is 1. The molecular weight excluding hydrogens is 458 g/mol. The van der Waals surface area contributed by atoms with Gasteiger partial charge in [0.2, 0.25) is 0 Å². The number of halogens is 2. The maximum Gasteiger partial charge on any atom is 0.165 e. The summed E-state index contributed by atoms with van der Waals surface area (Å²) in [5.41, 5.74) is 7.72. The van der Waals surface area contributed by atoms with E-state index in [-0.39, 0.29) is 12.3 Å². The van der Waals surface area contributed by atoms with Crippen LogP contribution in [0.5, 0.6) is 5.75 Å². The second-order valence-electron chi connectivity index (χ2n) is 6.78. The molecule has 0 radical (unpaired) electrons. The highest BCUT2D eigenvalue weighted by Gasteiger charge is 2.23. The van der Waals surface area contributed by atoms with E-state index in [9.17, 15) is 0 Å². The lowest BCUT2D eigenvalue weighted by Gasteiger charge is -2.24. The average molecular weight is 483 g/mol. The molecule has 0 spiro atoms. The van der Waals surface area contributed by atoms with E-state index in [0.29, 0.717) is 28.0 Å². The summed E-state index contributed by atoms with van der Waals surface area (Å²) >= 11 is 9.73. The van der Waals surface area contributed by atoms with Gasteiger partial charge in [-0.15, -0.1) is 0 Å². The van der Waals surface area contributed by atoms with Gasteiger partial charge in [-0.2, -0.15) is 0 Å². The lowest BCUT2D eigenvalue weighted by molar-refractivity contribution is -0.0309. The zero-order chi connectivity index (χ0) is 21.0. The van der Waals surface area contributed by atoms with Crippen LogP contribution in [0, 0.1) is 0 Å². The van der Waals surface area contributed by atoms with Crippen LogP contribution in [0.3, 0.4) is 0 Å². The van der Waals surface area contributed by atoms with Gasteiger partial charge in [-0.25, -0.2) is 9.98 Å². The molecule has 0 amide bonds. The number of imidazole rings is 1. The fourth-order valence-corrected chi connectivity index (χ4v) is 4.44. The molecule has 1 aliphatic rings. The Labute approximate surface area is 184 Å². The van der Waals surface area contributed by atoms with Crippen molar-refractivity contribution in [2.45, 2.75) is 38.5 Å². The molecule has 9 heteroatoms. The molecular formula is C20H25BrClN5O2. The molecule has 1 aromatic carbocycles. The molecule has 1 fully saturated rings. The number of nitrogens with zero attached hydrogens (tertiary/aromatic N) is 3. The van der Waals surface area contributed by atoms with Crippen LogP contribution in [0.15, 0.2) is 34.5 Å². The molecule has 0 saturated carbocycles. The molecule has 3 N–H and O–H groups in total. The highest BCUT2D eigenvalue weighted by molar-refractivity contribution is 9.10. The van der Waals surface area contributed by atoms with Crippen LogP contribution in [-0.4, -0.2) is 29.6 Å². The largest absolute Gasteiger partial charge is 0.495 e. The normalized spacial score (nSPS) is 18.0. The lowest BCUT2D eigenvalue weighted by Crippen LogP contribution is -2.19. The van der Waals surface area contributed by atoms with E-state index in [1.807, 2.05) is 17.6 Å². The maximum absolute atomic E-state index is 6.23. The van der Waals surface area contributed by atoms with Crippen molar-refractivity contribution in [3.63, 3.8) is 0 Å². The van der Waals surface area contributed by atoms with Crippen molar-refractivity contribution < 1.29 is 9.47 Å². The minimum atomic E-state index is -0.141. The second-order valence-corrected chi connectivity index (χ2v) is 8.07. The summed E-state index contributed by atoms with van der Waals surface area (Å²) in [6.45, 7) is 6.89. The van der Waals surface area contributed by atoms with Crippen LogP contribution >= 0.6 is 27.5 Å². The van der Waals surface area contributed by atoms with E-state index in [1.165, 1.54) is 6.34 Å². The number of aromatic nitrogens is 2. The Morgan fingerprint density at radius 3 is 3.00 bits per heavy atom. The van der Waals surface area contributed by atoms with E-state index in [1.54, 1.807) is 19.5 Å². The molecule has 1 saturated heterocycles. The zero-order valence-electron chi connectivity index (χ0n) is 16.5. The molecule has 2 heterocycles. The summed E-state index contributed by atoms with van der Waals surface area (Å²) in [5.74, 6) is 1.33. The SMILES string of the molecule is C=C(NC(C)c1cc(Cl)cc(Br)c1OC)c1ncn(C2CCCCO2)c1N=CN. The summed E-state index contributed by atoms with van der Waals surface area (Å²) < 4.78 is 14.1. The average Bonchev–Trinajstić information content (AvgIpc) is 3.12. The van der Waals surface area contributed by atoms with Gasteiger partial charge in [-0.3, -0.25) is 4.57 Å². The van der Waals surface area contributed by atoms with Gasteiger partial charge in [0.15, 0.2) is 5.82 Å². The fraction of sp³-hybridized carbons (Fsp3) is 0.400. The van der Waals surface area contributed by atoms with Crippen LogP contribution in [0.4, 0.5) is 5.82 Å². The third kappa shape index (κ3) is 4.76. The molecule has 0 aliphatic carbocycles. The predicted octanol–water partition coefficient (Wildman–Crippen LogP) is 4.95. The van der Waals surface area contributed by atoms with Gasteiger partial charge in [-0.1, -0.05) is 18.2 Å². The maximum atomic E-state index is 6.23. The van der Waals surface area contributed by atoms with Crippen LogP contribution in [0.25, 0.3) is 5.70 Å². The van der Waals surface area contributed by atoms with Crippen molar-refractivity contribution in [3.05, 3.63) is 45.8 Å². The molecule has 7 nitrogen and oxygen atoms in total. The van der Waals surface area contributed by atoms with Crippen molar-refractivity contribution in [1.82, 2.24) is 14.9 Å². The summed E-state index contributed by atoms with van der Waals surface area (Å²) in [7, 11) is 1.62. The molecule has 1 aromatic heterocycles. The first kappa shape index (κ1) is 21.7. The molecule has 1 aliphatic heterocycles. The van der Waals surface area contributed by atoms with Crippen molar-refractivity contribution in [2.75, 3.05) is 13.7 Å². The first-order valence-corrected chi connectivity index (χ1v) is 10.5. The van der Waals surface area contributed by atoms with Crippen LogP contribution in [-0.2, 0) is 4.74 Å². The van der Waals surface area contributed by atoms with Crippen molar-refractivity contribution in [3.8, 4) is 5.75 Å². The van der Waals surface area contributed by atoms with E-state index >= 15 is 0 Å². The third-order valence-corrected chi connectivity index (χ3v) is 5.62. The minimum absolute atomic E-state index is 0.0992. The molecule has 0 bridgehead atoms. The number of nitrogens with one attached hydrogen (secondary N) is 1. The Hall–Kier alpha value is -2.03. The van der Waals surface area contributed by atoms with Gasteiger partial charge >= 0.3 is 0 Å². The summed E-state index contributed by atoms with van der Waals surface area (Å²) in [6, 6.07) is 3.52. The van der Waals surface area contributed by atoms with Gasteiger partial charge in [-0.05, 0) is 54.2 Å². The van der Waals surface area contributed by atoms with Crippen LogP contribution in [0.1, 0.15) is 49.7 Å². The van der Waals surface area contributed by atoms with E-state index in [0.717, 1.165) is 35.9 Å². The Balaban J connectivity index is 1.87. The molecule has 2 unspecified atom stereocenters. The summed E-state index contributed by atoms with van der Waals surface area (Å²) in [4.78, 5) is 8.84. The van der Waals surface area contributed by atoms with Gasteiger partial charge < -0.3 is 20.5 Å². The number of hydrogen-bond donors (Lipinski definition) is 2. The van der Waals surface area contributed by atoms with Gasteiger partial charge in [0.05, 0.1) is 36.0 Å². The number of hydrogen-bond acceptors (Lipinski definition) is 5. The number of aliphatic imine (C=N–C) groups is 1. The number of rotatable bonds is 7. The monoisotopic (exact) mass is 481 g/mol. The van der Waals surface area contributed by atoms with E-state index in [4.69, 9.17) is 26.8 Å². The number of ether oxygens (including phenoxy) is 2. The zero-order valence-corrected chi connectivity index (χ0v) is 18.8. The van der Waals surface area contributed by atoms with Crippen molar-refractivity contribution in [1.29, 1.82) is 0 Å².